The number of aromatic nitrogens is 1. The Morgan fingerprint density at radius 2 is 1.88 bits per heavy atom. The normalized spacial score (nSPS) is 15.9. The second kappa shape index (κ2) is 6.34. The molecule has 0 atom stereocenters. The number of sulfonamides is 1. The average molecular weight is 371 g/mol. The molecule has 1 saturated heterocycles. The second-order valence-corrected chi connectivity index (χ2v) is 8.75. The molecule has 136 valence electrons. The van der Waals surface area contributed by atoms with Crippen molar-refractivity contribution in [1.29, 1.82) is 0 Å². The lowest BCUT2D eigenvalue weighted by atomic mass is 10.0. The summed E-state index contributed by atoms with van der Waals surface area (Å²) in [6, 6.07) is 14.1. The zero-order chi connectivity index (χ0) is 18.3. The van der Waals surface area contributed by atoms with Crippen molar-refractivity contribution in [2.24, 2.45) is 5.92 Å². The predicted octanol–water partition coefficient (Wildman–Crippen LogP) is 2.63. The molecular formula is C19H21N3O3S. The topological polar surface area (TPSA) is 76.6 Å². The molecule has 1 fully saturated rings. The molecule has 3 aromatic rings. The van der Waals surface area contributed by atoms with Crippen LogP contribution < -0.4 is 4.90 Å². The van der Waals surface area contributed by atoms with Crippen molar-refractivity contribution in [3.63, 3.8) is 0 Å². The van der Waals surface area contributed by atoms with Crippen LogP contribution in [0.4, 0.5) is 5.69 Å². The van der Waals surface area contributed by atoms with Crippen molar-refractivity contribution in [3.8, 4) is 5.75 Å². The lowest BCUT2D eigenvalue weighted by Gasteiger charge is -2.40. The van der Waals surface area contributed by atoms with Crippen LogP contribution in [0.25, 0.3) is 10.9 Å². The minimum atomic E-state index is -3.45. The van der Waals surface area contributed by atoms with Gasteiger partial charge in [-0.25, -0.2) is 8.42 Å². The summed E-state index contributed by atoms with van der Waals surface area (Å²) in [5, 5.41) is 10.4. The molecule has 0 radical (unpaired) electrons. The Bertz CT molecular complexity index is 1020. The van der Waals surface area contributed by atoms with E-state index in [1.807, 2.05) is 31.3 Å². The van der Waals surface area contributed by atoms with Crippen molar-refractivity contribution in [3.05, 3.63) is 54.7 Å². The number of aromatic amines is 1. The van der Waals surface area contributed by atoms with Crippen LogP contribution in [0.2, 0.25) is 0 Å². The van der Waals surface area contributed by atoms with Gasteiger partial charge < -0.3 is 15.0 Å². The van der Waals surface area contributed by atoms with Gasteiger partial charge in [0, 0.05) is 50.0 Å². The highest BCUT2D eigenvalue weighted by Gasteiger charge is 2.37. The zero-order valence-corrected chi connectivity index (χ0v) is 15.3. The summed E-state index contributed by atoms with van der Waals surface area (Å²) in [5.74, 6) is 0.528. The van der Waals surface area contributed by atoms with E-state index >= 15 is 0 Å². The smallest absolute Gasteiger partial charge is 0.243 e. The third kappa shape index (κ3) is 3.04. The molecule has 2 N–H and O–H groups in total. The van der Waals surface area contributed by atoms with Crippen molar-refractivity contribution in [1.82, 2.24) is 9.29 Å². The summed E-state index contributed by atoms with van der Waals surface area (Å²) in [6.45, 7) is 1.81. The largest absolute Gasteiger partial charge is 0.508 e. The maximum atomic E-state index is 12.8. The predicted molar refractivity (Wildman–Crippen MR) is 102 cm³/mol. The van der Waals surface area contributed by atoms with Gasteiger partial charge in [-0.1, -0.05) is 6.07 Å². The van der Waals surface area contributed by atoms with Crippen molar-refractivity contribution in [2.75, 3.05) is 31.6 Å². The standard InChI is InChI=1S/C19H21N3O3S/c1-21(16-3-5-17(23)6-4-16)11-14-12-22(13-14)26(24,25)18-7-2-15-8-9-20-19(15)10-18/h2-10,14,20,23H,11-13H2,1H3. The highest BCUT2D eigenvalue weighted by molar-refractivity contribution is 7.89. The minimum absolute atomic E-state index is 0.238. The van der Waals surface area contributed by atoms with Gasteiger partial charge in [0.15, 0.2) is 0 Å². The molecule has 2 heterocycles. The summed E-state index contributed by atoms with van der Waals surface area (Å²) in [4.78, 5) is 5.47. The van der Waals surface area contributed by atoms with Gasteiger partial charge in [0.05, 0.1) is 4.90 Å². The van der Waals surface area contributed by atoms with E-state index in [0.717, 1.165) is 23.1 Å². The molecule has 0 unspecified atom stereocenters. The molecule has 2 aromatic carbocycles. The van der Waals surface area contributed by atoms with E-state index in [1.54, 1.807) is 30.5 Å². The lowest BCUT2D eigenvalue weighted by molar-refractivity contribution is 0.205. The maximum absolute atomic E-state index is 12.8. The van der Waals surface area contributed by atoms with Crippen LogP contribution in [0.3, 0.4) is 0 Å². The number of fused-ring (bicyclic) bond motifs is 1. The minimum Gasteiger partial charge on any atom is -0.508 e. The number of anilines is 1. The van der Waals surface area contributed by atoms with E-state index in [2.05, 4.69) is 9.88 Å². The Kier molecular flexibility index (Phi) is 4.13. The first-order chi connectivity index (χ1) is 12.4. The molecule has 1 aromatic heterocycles. The first-order valence-electron chi connectivity index (χ1n) is 8.51. The van der Waals surface area contributed by atoms with Crippen molar-refractivity contribution < 1.29 is 13.5 Å². The monoisotopic (exact) mass is 371 g/mol. The number of hydrogen-bond acceptors (Lipinski definition) is 4. The molecule has 0 amide bonds. The lowest BCUT2D eigenvalue weighted by Crippen LogP contribution is -2.53. The number of nitrogens with one attached hydrogen (secondary N) is 1. The molecule has 4 rings (SSSR count). The van der Waals surface area contributed by atoms with Gasteiger partial charge in [-0.3, -0.25) is 0 Å². The number of rotatable bonds is 5. The number of aromatic hydroxyl groups is 1. The van der Waals surface area contributed by atoms with Crippen LogP contribution in [-0.4, -0.2) is 49.5 Å². The Balaban J connectivity index is 1.41. The number of phenolic OH excluding ortho intramolecular Hbond substituents is 1. The summed E-state index contributed by atoms with van der Waals surface area (Å²) >= 11 is 0. The molecule has 0 saturated carbocycles. The van der Waals surface area contributed by atoms with Crippen molar-refractivity contribution >= 4 is 26.6 Å². The third-order valence-electron chi connectivity index (χ3n) is 4.91. The van der Waals surface area contributed by atoms with Gasteiger partial charge >= 0.3 is 0 Å². The van der Waals surface area contributed by atoms with Gasteiger partial charge in [0.2, 0.25) is 10.0 Å². The van der Waals surface area contributed by atoms with E-state index in [1.165, 1.54) is 4.31 Å². The quantitative estimate of drug-likeness (QED) is 0.723. The molecule has 26 heavy (non-hydrogen) atoms. The number of H-pyrrole nitrogens is 1. The van der Waals surface area contributed by atoms with Gasteiger partial charge in [0.25, 0.3) is 0 Å². The SMILES string of the molecule is CN(CC1CN(S(=O)(=O)c2ccc3cc[nH]c3c2)C1)c1ccc(O)cc1. The molecule has 7 heteroatoms. The number of nitrogens with zero attached hydrogens (tertiary/aromatic N) is 2. The van der Waals surface area contributed by atoms with E-state index in [-0.39, 0.29) is 11.7 Å². The fraction of sp³-hybridized carbons (Fsp3) is 0.263. The number of phenols is 1. The summed E-state index contributed by atoms with van der Waals surface area (Å²) in [7, 11) is -1.47. The molecule has 1 aliphatic heterocycles. The first-order valence-corrected chi connectivity index (χ1v) is 9.95. The van der Waals surface area contributed by atoms with Gasteiger partial charge in [-0.05, 0) is 47.9 Å². The van der Waals surface area contributed by atoms with Crippen LogP contribution in [0.1, 0.15) is 0 Å². The van der Waals surface area contributed by atoms with Gasteiger partial charge in [0.1, 0.15) is 5.75 Å². The van der Waals surface area contributed by atoms with Crippen LogP contribution in [-0.2, 0) is 10.0 Å². The van der Waals surface area contributed by atoms with Crippen LogP contribution in [0.15, 0.2) is 59.6 Å². The Morgan fingerprint density at radius 3 is 2.62 bits per heavy atom. The molecular weight excluding hydrogens is 350 g/mol. The van der Waals surface area contributed by atoms with Crippen LogP contribution >= 0.6 is 0 Å². The Labute approximate surface area is 152 Å². The van der Waals surface area contributed by atoms with E-state index in [9.17, 15) is 13.5 Å². The molecule has 1 aliphatic rings. The highest BCUT2D eigenvalue weighted by atomic mass is 32.2. The van der Waals surface area contributed by atoms with Crippen LogP contribution in [0.5, 0.6) is 5.75 Å². The second-order valence-electron chi connectivity index (χ2n) is 6.81. The third-order valence-corrected chi connectivity index (χ3v) is 6.74. The highest BCUT2D eigenvalue weighted by Crippen LogP contribution is 2.28. The Hall–Kier alpha value is -2.51. The molecule has 0 spiro atoms. The summed E-state index contributed by atoms with van der Waals surface area (Å²) in [6.07, 6.45) is 1.81. The summed E-state index contributed by atoms with van der Waals surface area (Å²) < 4.78 is 27.1. The number of hydrogen-bond donors (Lipinski definition) is 2. The average Bonchev–Trinajstić information content (AvgIpc) is 3.05. The molecule has 0 bridgehead atoms. The Morgan fingerprint density at radius 1 is 1.15 bits per heavy atom. The maximum Gasteiger partial charge on any atom is 0.243 e. The number of benzene rings is 2. The first kappa shape index (κ1) is 16.9. The van der Waals surface area contributed by atoms with E-state index in [0.29, 0.717) is 18.0 Å². The van der Waals surface area contributed by atoms with Crippen molar-refractivity contribution in [2.45, 2.75) is 4.90 Å². The van der Waals surface area contributed by atoms with Gasteiger partial charge in [-0.2, -0.15) is 4.31 Å². The fourth-order valence-electron chi connectivity index (χ4n) is 3.37. The van der Waals surface area contributed by atoms with Gasteiger partial charge in [-0.15, -0.1) is 0 Å². The van der Waals surface area contributed by atoms with E-state index < -0.39 is 10.0 Å². The molecule has 0 aliphatic carbocycles. The van der Waals surface area contributed by atoms with E-state index in [4.69, 9.17) is 0 Å². The van der Waals surface area contributed by atoms with Crippen LogP contribution in [0, 0.1) is 5.92 Å². The summed E-state index contributed by atoms with van der Waals surface area (Å²) in [5.41, 5.74) is 1.83. The fourth-order valence-corrected chi connectivity index (χ4v) is 4.99. The zero-order valence-electron chi connectivity index (χ0n) is 14.5. The molecule has 6 nitrogen and oxygen atoms in total.